The standard InChI is InChI=1S/C12H24N4OS/c1-3-4-15(9-11(13)18)10-12(17)16-7-5-14(2)6-8-16/h3-10H2,1-2H3,(H2,13,18). The fraction of sp³-hybridized carbons (Fsp3) is 0.833. The minimum absolute atomic E-state index is 0.188. The van der Waals surface area contributed by atoms with Crippen LogP contribution in [0, 0.1) is 0 Å². The molecule has 104 valence electrons. The first-order valence-electron chi connectivity index (χ1n) is 6.50. The summed E-state index contributed by atoms with van der Waals surface area (Å²) in [5.41, 5.74) is 5.55. The van der Waals surface area contributed by atoms with Crippen molar-refractivity contribution in [3.8, 4) is 0 Å². The van der Waals surface area contributed by atoms with E-state index in [0.29, 0.717) is 18.1 Å². The molecule has 0 spiro atoms. The van der Waals surface area contributed by atoms with Crippen LogP contribution in [0.25, 0.3) is 0 Å². The molecular formula is C12H24N4OS. The Balaban J connectivity index is 2.42. The summed E-state index contributed by atoms with van der Waals surface area (Å²) < 4.78 is 0. The third-order valence-electron chi connectivity index (χ3n) is 3.13. The first kappa shape index (κ1) is 15.3. The molecule has 0 radical (unpaired) electrons. The van der Waals surface area contributed by atoms with Gasteiger partial charge in [-0.25, -0.2) is 0 Å². The van der Waals surface area contributed by atoms with Crippen LogP contribution in [0.3, 0.4) is 0 Å². The van der Waals surface area contributed by atoms with E-state index in [9.17, 15) is 4.79 Å². The second-order valence-corrected chi connectivity index (χ2v) is 5.39. The lowest BCUT2D eigenvalue weighted by molar-refractivity contribution is -0.133. The minimum Gasteiger partial charge on any atom is -0.392 e. The highest BCUT2D eigenvalue weighted by molar-refractivity contribution is 7.80. The Hall–Kier alpha value is -0.720. The summed E-state index contributed by atoms with van der Waals surface area (Å²) in [6.07, 6.45) is 0.999. The third kappa shape index (κ3) is 5.29. The van der Waals surface area contributed by atoms with E-state index < -0.39 is 0 Å². The minimum atomic E-state index is 0.188. The molecular weight excluding hydrogens is 248 g/mol. The number of rotatable bonds is 6. The van der Waals surface area contributed by atoms with Gasteiger partial charge in [-0.2, -0.15) is 0 Å². The van der Waals surface area contributed by atoms with Gasteiger partial charge in [0, 0.05) is 32.7 Å². The normalized spacial score (nSPS) is 17.2. The number of carbonyl (C=O) groups excluding carboxylic acids is 1. The molecule has 0 saturated carbocycles. The van der Waals surface area contributed by atoms with E-state index in [1.165, 1.54) is 0 Å². The zero-order valence-corrected chi connectivity index (χ0v) is 12.2. The Kier molecular flexibility index (Phi) is 6.52. The van der Waals surface area contributed by atoms with Gasteiger partial charge in [0.1, 0.15) is 0 Å². The molecule has 1 amide bonds. The Morgan fingerprint density at radius 1 is 1.28 bits per heavy atom. The lowest BCUT2D eigenvalue weighted by Crippen LogP contribution is -2.50. The van der Waals surface area contributed by atoms with Crippen LogP contribution in [0.15, 0.2) is 0 Å². The van der Waals surface area contributed by atoms with E-state index in [-0.39, 0.29) is 5.91 Å². The number of thiocarbonyl (C=S) groups is 1. The maximum atomic E-state index is 12.2. The van der Waals surface area contributed by atoms with Gasteiger partial charge in [-0.1, -0.05) is 19.1 Å². The molecule has 1 aliphatic rings. The fourth-order valence-electron chi connectivity index (χ4n) is 2.10. The second-order valence-electron chi connectivity index (χ2n) is 4.86. The van der Waals surface area contributed by atoms with Crippen LogP contribution >= 0.6 is 12.2 Å². The van der Waals surface area contributed by atoms with Crippen LogP contribution in [0.1, 0.15) is 13.3 Å². The number of hydrogen-bond acceptors (Lipinski definition) is 4. The first-order valence-corrected chi connectivity index (χ1v) is 6.90. The molecule has 5 nitrogen and oxygen atoms in total. The lowest BCUT2D eigenvalue weighted by atomic mass is 10.3. The van der Waals surface area contributed by atoms with Gasteiger partial charge in [0.2, 0.25) is 5.91 Å². The van der Waals surface area contributed by atoms with Gasteiger partial charge in [-0.3, -0.25) is 9.69 Å². The van der Waals surface area contributed by atoms with Crippen LogP contribution in [-0.2, 0) is 4.79 Å². The average molecular weight is 272 g/mol. The average Bonchev–Trinajstić information content (AvgIpc) is 2.29. The molecule has 0 atom stereocenters. The van der Waals surface area contributed by atoms with E-state index in [2.05, 4.69) is 18.9 Å². The number of likely N-dealkylation sites (N-methyl/N-ethyl adjacent to an activating group) is 1. The van der Waals surface area contributed by atoms with Gasteiger partial charge in [-0.05, 0) is 20.0 Å². The molecule has 1 fully saturated rings. The highest BCUT2D eigenvalue weighted by Crippen LogP contribution is 2.02. The molecule has 1 aliphatic heterocycles. The summed E-state index contributed by atoms with van der Waals surface area (Å²) in [4.78, 5) is 18.8. The molecule has 1 saturated heterocycles. The SMILES string of the molecule is CCCN(CC(=O)N1CCN(C)CC1)CC(N)=S. The summed E-state index contributed by atoms with van der Waals surface area (Å²) in [7, 11) is 2.08. The second kappa shape index (κ2) is 7.66. The number of nitrogens with zero attached hydrogens (tertiary/aromatic N) is 3. The van der Waals surface area contributed by atoms with Gasteiger partial charge in [-0.15, -0.1) is 0 Å². The molecule has 0 unspecified atom stereocenters. The molecule has 2 N–H and O–H groups in total. The van der Waals surface area contributed by atoms with Crippen molar-refractivity contribution in [2.45, 2.75) is 13.3 Å². The fourth-order valence-corrected chi connectivity index (χ4v) is 2.28. The highest BCUT2D eigenvalue weighted by atomic mass is 32.1. The maximum absolute atomic E-state index is 12.2. The maximum Gasteiger partial charge on any atom is 0.236 e. The number of piperazine rings is 1. The molecule has 0 bridgehead atoms. The molecule has 1 rings (SSSR count). The van der Waals surface area contributed by atoms with Crippen LogP contribution in [0.5, 0.6) is 0 Å². The molecule has 0 aromatic rings. The van der Waals surface area contributed by atoms with Gasteiger partial charge in [0.05, 0.1) is 11.5 Å². The summed E-state index contributed by atoms with van der Waals surface area (Å²) >= 11 is 4.92. The molecule has 6 heteroatoms. The summed E-state index contributed by atoms with van der Waals surface area (Å²) in [6, 6.07) is 0. The summed E-state index contributed by atoms with van der Waals surface area (Å²) in [5, 5.41) is 0. The number of carbonyl (C=O) groups is 1. The molecule has 18 heavy (non-hydrogen) atoms. The van der Waals surface area contributed by atoms with Crippen molar-refractivity contribution < 1.29 is 4.79 Å². The van der Waals surface area contributed by atoms with Crippen molar-refractivity contribution >= 4 is 23.1 Å². The highest BCUT2D eigenvalue weighted by Gasteiger charge is 2.20. The summed E-state index contributed by atoms with van der Waals surface area (Å²) in [6.45, 7) is 7.45. The van der Waals surface area contributed by atoms with Crippen molar-refractivity contribution in [2.24, 2.45) is 5.73 Å². The van der Waals surface area contributed by atoms with Crippen LogP contribution in [-0.4, -0.2) is 78.5 Å². The van der Waals surface area contributed by atoms with E-state index in [0.717, 1.165) is 39.1 Å². The third-order valence-corrected chi connectivity index (χ3v) is 3.26. The van der Waals surface area contributed by atoms with Gasteiger partial charge >= 0.3 is 0 Å². The number of hydrogen-bond donors (Lipinski definition) is 1. The van der Waals surface area contributed by atoms with E-state index in [1.54, 1.807) is 0 Å². The molecule has 0 aromatic carbocycles. The number of nitrogens with two attached hydrogens (primary N) is 1. The summed E-state index contributed by atoms with van der Waals surface area (Å²) in [5.74, 6) is 0.188. The van der Waals surface area contributed by atoms with Gasteiger partial charge in [0.15, 0.2) is 0 Å². The van der Waals surface area contributed by atoms with E-state index in [1.807, 2.05) is 9.80 Å². The monoisotopic (exact) mass is 272 g/mol. The Bertz CT molecular complexity index is 290. The van der Waals surface area contributed by atoms with Gasteiger partial charge < -0.3 is 15.5 Å². The quantitative estimate of drug-likeness (QED) is 0.676. The zero-order valence-electron chi connectivity index (χ0n) is 11.4. The van der Waals surface area contributed by atoms with E-state index >= 15 is 0 Å². The van der Waals surface area contributed by atoms with Gasteiger partial charge in [0.25, 0.3) is 0 Å². The van der Waals surface area contributed by atoms with Crippen molar-refractivity contribution in [1.82, 2.24) is 14.7 Å². The molecule has 0 aromatic heterocycles. The topological polar surface area (TPSA) is 52.8 Å². The Morgan fingerprint density at radius 2 is 1.89 bits per heavy atom. The Morgan fingerprint density at radius 3 is 2.39 bits per heavy atom. The lowest BCUT2D eigenvalue weighted by Gasteiger charge is -2.33. The van der Waals surface area contributed by atoms with Crippen LogP contribution in [0.2, 0.25) is 0 Å². The van der Waals surface area contributed by atoms with Crippen molar-refractivity contribution in [3.63, 3.8) is 0 Å². The van der Waals surface area contributed by atoms with Crippen LogP contribution in [0.4, 0.5) is 0 Å². The first-order chi connectivity index (χ1) is 8.52. The zero-order chi connectivity index (χ0) is 13.5. The van der Waals surface area contributed by atoms with Crippen LogP contribution < -0.4 is 5.73 Å². The molecule has 0 aliphatic carbocycles. The molecule has 1 heterocycles. The predicted octanol–water partition coefficient (Wildman–Crippen LogP) is -0.241. The largest absolute Gasteiger partial charge is 0.392 e. The van der Waals surface area contributed by atoms with Crippen molar-refractivity contribution in [2.75, 3.05) is 52.9 Å². The smallest absolute Gasteiger partial charge is 0.236 e. The number of amides is 1. The predicted molar refractivity (Wildman–Crippen MR) is 77.6 cm³/mol. The van der Waals surface area contributed by atoms with E-state index in [4.69, 9.17) is 18.0 Å². The van der Waals surface area contributed by atoms with Crippen molar-refractivity contribution in [3.05, 3.63) is 0 Å². The van der Waals surface area contributed by atoms with Crippen molar-refractivity contribution in [1.29, 1.82) is 0 Å². The Labute approximate surface area is 115 Å².